The maximum Gasteiger partial charge on any atom is 0.225 e. The number of rotatable bonds is 6. The molecule has 0 saturated carbocycles. The number of piperazine rings is 1. The third-order valence-corrected chi connectivity index (χ3v) is 6.33. The molecule has 0 amide bonds. The molecule has 1 aliphatic rings. The van der Waals surface area contributed by atoms with Gasteiger partial charge < -0.3 is 9.62 Å². The lowest BCUT2D eigenvalue weighted by atomic mass is 10.2. The van der Waals surface area contributed by atoms with Crippen LogP contribution in [-0.2, 0) is 6.54 Å². The number of nitrogens with one attached hydrogen (secondary N) is 1. The predicted molar refractivity (Wildman–Crippen MR) is 127 cm³/mol. The minimum Gasteiger partial charge on any atom is -0.338 e. The zero-order valence-corrected chi connectivity index (χ0v) is 18.0. The molecule has 6 nitrogen and oxygen atoms in total. The quantitative estimate of drug-likeness (QED) is 0.455. The highest BCUT2D eigenvalue weighted by Gasteiger charge is 2.18. The molecule has 5 rings (SSSR count). The number of nitrogens with zero attached hydrogens (tertiary/aromatic N) is 5. The van der Waals surface area contributed by atoms with E-state index in [0.29, 0.717) is 0 Å². The van der Waals surface area contributed by atoms with Crippen LogP contribution in [0.2, 0.25) is 0 Å². The summed E-state index contributed by atoms with van der Waals surface area (Å²) >= 11 is 1.60. The topological polar surface area (TPSA) is 57.2 Å². The van der Waals surface area contributed by atoms with Crippen LogP contribution in [-0.4, -0.2) is 46.0 Å². The molecule has 0 unspecified atom stereocenters. The molecule has 1 N–H and O–H groups in total. The molecule has 2 aromatic heterocycles. The fourth-order valence-corrected chi connectivity index (χ4v) is 4.55. The van der Waals surface area contributed by atoms with E-state index in [1.165, 1.54) is 5.56 Å². The molecule has 0 atom stereocenters. The largest absolute Gasteiger partial charge is 0.338 e. The molecular weight excluding hydrogens is 404 g/mol. The van der Waals surface area contributed by atoms with Gasteiger partial charge in [0.05, 0.1) is 10.4 Å². The van der Waals surface area contributed by atoms with Crippen LogP contribution >= 0.6 is 11.9 Å². The van der Waals surface area contributed by atoms with Crippen LogP contribution in [0, 0.1) is 0 Å². The van der Waals surface area contributed by atoms with Gasteiger partial charge in [-0.2, -0.15) is 0 Å². The lowest BCUT2D eigenvalue weighted by Crippen LogP contribution is -2.46. The number of para-hydroxylation sites is 1. The number of benzene rings is 2. The maximum atomic E-state index is 4.52. The molecular formula is C24H24N6S. The van der Waals surface area contributed by atoms with Gasteiger partial charge in [-0.1, -0.05) is 30.3 Å². The van der Waals surface area contributed by atoms with Crippen molar-refractivity contribution in [2.75, 3.05) is 35.8 Å². The summed E-state index contributed by atoms with van der Waals surface area (Å²) in [5, 5.41) is 1.16. The monoisotopic (exact) mass is 428 g/mol. The summed E-state index contributed by atoms with van der Waals surface area (Å²) in [6.45, 7) is 4.91. The van der Waals surface area contributed by atoms with Crippen LogP contribution in [0.5, 0.6) is 0 Å². The lowest BCUT2D eigenvalue weighted by Gasteiger charge is -2.34. The maximum absolute atomic E-state index is 4.52. The van der Waals surface area contributed by atoms with Gasteiger partial charge in [0.1, 0.15) is 0 Å². The summed E-state index contributed by atoms with van der Waals surface area (Å²) in [4.78, 5) is 19.1. The van der Waals surface area contributed by atoms with Gasteiger partial charge in [-0.3, -0.25) is 9.88 Å². The van der Waals surface area contributed by atoms with Crippen molar-refractivity contribution in [3.63, 3.8) is 0 Å². The molecule has 0 radical (unpaired) electrons. The second-order valence-corrected chi connectivity index (χ2v) is 8.39. The Kier molecular flexibility index (Phi) is 5.95. The summed E-state index contributed by atoms with van der Waals surface area (Å²) < 4.78 is 3.45. The van der Waals surface area contributed by atoms with E-state index in [0.717, 1.165) is 60.2 Å². The number of hydrogen-bond acceptors (Lipinski definition) is 7. The lowest BCUT2D eigenvalue weighted by molar-refractivity contribution is 0.248. The Morgan fingerprint density at radius 2 is 1.52 bits per heavy atom. The van der Waals surface area contributed by atoms with E-state index in [2.05, 4.69) is 78.0 Å². The van der Waals surface area contributed by atoms with Gasteiger partial charge in [-0.25, -0.2) is 9.97 Å². The Morgan fingerprint density at radius 3 is 2.32 bits per heavy atom. The van der Waals surface area contributed by atoms with Crippen LogP contribution in [0.1, 0.15) is 5.56 Å². The molecule has 3 heterocycles. The summed E-state index contributed by atoms with van der Waals surface area (Å²) in [6.07, 6.45) is 5.45. The van der Waals surface area contributed by atoms with Gasteiger partial charge >= 0.3 is 0 Å². The van der Waals surface area contributed by atoms with E-state index in [1.807, 2.05) is 18.3 Å². The average Bonchev–Trinajstić information content (AvgIpc) is 2.85. The molecule has 156 valence electrons. The van der Waals surface area contributed by atoms with Crippen LogP contribution in [0.4, 0.5) is 11.6 Å². The second kappa shape index (κ2) is 9.32. The minimum absolute atomic E-state index is 0.830. The van der Waals surface area contributed by atoms with Gasteiger partial charge in [0.15, 0.2) is 0 Å². The molecule has 0 aliphatic carbocycles. The number of anilines is 2. The van der Waals surface area contributed by atoms with Crippen LogP contribution in [0.25, 0.3) is 10.9 Å². The van der Waals surface area contributed by atoms with Crippen molar-refractivity contribution >= 4 is 34.5 Å². The highest BCUT2D eigenvalue weighted by molar-refractivity contribution is 8.00. The molecule has 4 aromatic rings. The summed E-state index contributed by atoms with van der Waals surface area (Å²) in [6, 6.07) is 20.9. The van der Waals surface area contributed by atoms with Crippen molar-refractivity contribution in [3.8, 4) is 0 Å². The first-order valence-electron chi connectivity index (χ1n) is 10.4. The highest BCUT2D eigenvalue weighted by Crippen LogP contribution is 2.27. The van der Waals surface area contributed by atoms with Gasteiger partial charge in [-0.05, 0) is 47.8 Å². The Labute approximate surface area is 186 Å². The second-order valence-electron chi connectivity index (χ2n) is 7.54. The van der Waals surface area contributed by atoms with Gasteiger partial charge in [0.2, 0.25) is 5.95 Å². The van der Waals surface area contributed by atoms with E-state index < -0.39 is 0 Å². The van der Waals surface area contributed by atoms with Crippen LogP contribution in [0.15, 0.2) is 84.1 Å². The van der Waals surface area contributed by atoms with Crippen LogP contribution < -0.4 is 9.62 Å². The molecule has 1 aliphatic heterocycles. The fraction of sp³-hybridized carbons (Fsp3) is 0.208. The Hall–Kier alpha value is -3.16. The van der Waals surface area contributed by atoms with Gasteiger partial charge in [-0.15, -0.1) is 0 Å². The molecule has 7 heteroatoms. The molecule has 2 aromatic carbocycles. The van der Waals surface area contributed by atoms with Crippen LogP contribution in [0.3, 0.4) is 0 Å². The van der Waals surface area contributed by atoms with E-state index in [4.69, 9.17) is 0 Å². The number of hydrogen-bond donors (Lipinski definition) is 1. The molecule has 0 spiro atoms. The number of pyridine rings is 1. The third-order valence-electron chi connectivity index (χ3n) is 5.44. The zero-order chi connectivity index (χ0) is 20.9. The predicted octanol–water partition coefficient (Wildman–Crippen LogP) is 4.47. The van der Waals surface area contributed by atoms with E-state index in [9.17, 15) is 0 Å². The van der Waals surface area contributed by atoms with Crippen molar-refractivity contribution in [1.82, 2.24) is 19.9 Å². The minimum atomic E-state index is 0.830. The molecule has 0 bridgehead atoms. The van der Waals surface area contributed by atoms with Gasteiger partial charge in [0.25, 0.3) is 0 Å². The summed E-state index contributed by atoms with van der Waals surface area (Å²) in [7, 11) is 0. The highest BCUT2D eigenvalue weighted by atomic mass is 32.2. The Morgan fingerprint density at radius 1 is 0.774 bits per heavy atom. The third kappa shape index (κ3) is 4.78. The number of aromatic nitrogens is 3. The zero-order valence-electron chi connectivity index (χ0n) is 17.2. The summed E-state index contributed by atoms with van der Waals surface area (Å²) in [5.74, 6) is 0.830. The van der Waals surface area contributed by atoms with Crippen molar-refractivity contribution < 1.29 is 0 Å². The molecule has 1 fully saturated rings. The fourth-order valence-electron chi connectivity index (χ4n) is 3.77. The van der Waals surface area contributed by atoms with E-state index in [-0.39, 0.29) is 0 Å². The van der Waals surface area contributed by atoms with Crippen molar-refractivity contribution in [3.05, 3.63) is 84.8 Å². The first-order valence-corrected chi connectivity index (χ1v) is 11.3. The average molecular weight is 429 g/mol. The Balaban J connectivity index is 1.15. The van der Waals surface area contributed by atoms with Crippen molar-refractivity contribution in [1.29, 1.82) is 0 Å². The normalized spacial score (nSPS) is 14.6. The standard InChI is InChI=1S/C24H24N6S/c1-4-20-5-2-11-25-23(20)22(6-1)31-28-21-9-7-19(8-10-21)18-29-14-16-30(17-15-29)24-26-12-3-13-27-24/h1-13,28H,14-18H2. The smallest absolute Gasteiger partial charge is 0.225 e. The number of fused-ring (bicyclic) bond motifs is 1. The first kappa shape index (κ1) is 19.8. The van der Waals surface area contributed by atoms with Crippen molar-refractivity contribution in [2.24, 2.45) is 0 Å². The molecule has 1 saturated heterocycles. The van der Waals surface area contributed by atoms with Crippen molar-refractivity contribution in [2.45, 2.75) is 11.4 Å². The van der Waals surface area contributed by atoms with Gasteiger partial charge in [0, 0.05) is 62.4 Å². The summed E-state index contributed by atoms with van der Waals surface area (Å²) in [5.41, 5.74) is 3.44. The van der Waals surface area contributed by atoms with E-state index in [1.54, 1.807) is 24.3 Å². The van der Waals surface area contributed by atoms with E-state index >= 15 is 0 Å². The molecule has 31 heavy (non-hydrogen) atoms. The first-order chi connectivity index (χ1) is 15.3. The SMILES string of the molecule is c1cnc(N2CCN(Cc3ccc(NSc4cccc5cccnc45)cc3)CC2)nc1. The Bertz CT molecular complexity index is 1120.